The third-order valence-electron chi connectivity index (χ3n) is 5.70. The molecule has 2 aromatic heterocycles. The second-order valence-electron chi connectivity index (χ2n) is 7.68. The number of amides is 1. The van der Waals surface area contributed by atoms with E-state index in [-0.39, 0.29) is 18.2 Å². The molecule has 0 saturated heterocycles. The van der Waals surface area contributed by atoms with E-state index in [1.54, 1.807) is 17.8 Å². The Morgan fingerprint density at radius 1 is 1.28 bits per heavy atom. The SMILES string of the molecule is COCC(=O)Nc1c(C(=O)OC)n(C)c2ncc(N[C@@H](C)C3CCCCC3)cc12. The summed E-state index contributed by atoms with van der Waals surface area (Å²) in [7, 11) is 4.48. The van der Waals surface area contributed by atoms with E-state index < -0.39 is 5.97 Å². The van der Waals surface area contributed by atoms with E-state index in [4.69, 9.17) is 9.47 Å². The highest BCUT2D eigenvalue weighted by Crippen LogP contribution is 2.33. The van der Waals surface area contributed by atoms with Gasteiger partial charge in [0.1, 0.15) is 12.3 Å². The van der Waals surface area contributed by atoms with Crippen molar-refractivity contribution < 1.29 is 19.1 Å². The second-order valence-corrected chi connectivity index (χ2v) is 7.68. The van der Waals surface area contributed by atoms with Crippen molar-refractivity contribution >= 4 is 34.3 Å². The van der Waals surface area contributed by atoms with Gasteiger partial charge in [-0.25, -0.2) is 9.78 Å². The lowest BCUT2D eigenvalue weighted by Crippen LogP contribution is -2.27. The molecule has 2 heterocycles. The van der Waals surface area contributed by atoms with Gasteiger partial charge in [-0.1, -0.05) is 19.3 Å². The predicted molar refractivity (Wildman–Crippen MR) is 112 cm³/mol. The highest BCUT2D eigenvalue weighted by atomic mass is 16.5. The maximum absolute atomic E-state index is 12.4. The van der Waals surface area contributed by atoms with Crippen molar-refractivity contribution in [2.75, 3.05) is 31.5 Å². The number of nitrogens with zero attached hydrogens (tertiary/aromatic N) is 2. The molecular formula is C21H30N4O4. The molecule has 1 amide bonds. The second kappa shape index (κ2) is 9.26. The number of nitrogens with one attached hydrogen (secondary N) is 2. The Hall–Kier alpha value is -2.61. The number of carbonyl (C=O) groups excluding carboxylic acids is 2. The summed E-state index contributed by atoms with van der Waals surface area (Å²) in [6.07, 6.45) is 8.13. The first-order valence-electron chi connectivity index (χ1n) is 10.1. The Morgan fingerprint density at radius 2 is 2.00 bits per heavy atom. The zero-order valence-electron chi connectivity index (χ0n) is 17.6. The van der Waals surface area contributed by atoms with Gasteiger partial charge in [0.25, 0.3) is 0 Å². The highest BCUT2D eigenvalue weighted by molar-refractivity contribution is 6.11. The van der Waals surface area contributed by atoms with Gasteiger partial charge < -0.3 is 24.7 Å². The summed E-state index contributed by atoms with van der Waals surface area (Å²) in [4.78, 5) is 29.1. The number of aryl methyl sites for hydroxylation is 1. The average Bonchev–Trinajstić information content (AvgIpc) is 2.99. The van der Waals surface area contributed by atoms with E-state index in [9.17, 15) is 9.59 Å². The van der Waals surface area contributed by atoms with Gasteiger partial charge in [0, 0.05) is 25.6 Å². The molecule has 1 fully saturated rings. The van der Waals surface area contributed by atoms with E-state index in [1.807, 2.05) is 6.07 Å². The lowest BCUT2D eigenvalue weighted by atomic mass is 9.84. The topological polar surface area (TPSA) is 94.5 Å². The summed E-state index contributed by atoms with van der Waals surface area (Å²) in [5, 5.41) is 7.02. The van der Waals surface area contributed by atoms with E-state index in [0.29, 0.717) is 28.7 Å². The molecule has 29 heavy (non-hydrogen) atoms. The molecule has 1 aliphatic carbocycles. The maximum atomic E-state index is 12.4. The number of rotatable bonds is 7. The fourth-order valence-corrected chi connectivity index (χ4v) is 4.17. The van der Waals surface area contributed by atoms with E-state index in [1.165, 1.54) is 46.3 Å². The van der Waals surface area contributed by atoms with Crippen LogP contribution in [-0.2, 0) is 21.3 Å². The van der Waals surface area contributed by atoms with Crippen LogP contribution in [0.3, 0.4) is 0 Å². The van der Waals surface area contributed by atoms with Crippen molar-refractivity contribution in [2.24, 2.45) is 13.0 Å². The van der Waals surface area contributed by atoms with E-state index in [2.05, 4.69) is 22.5 Å². The quantitative estimate of drug-likeness (QED) is 0.690. The minimum absolute atomic E-state index is 0.110. The molecule has 1 aliphatic rings. The van der Waals surface area contributed by atoms with Crippen LogP contribution in [0.25, 0.3) is 11.0 Å². The van der Waals surface area contributed by atoms with Gasteiger partial charge >= 0.3 is 5.97 Å². The number of ether oxygens (including phenoxy) is 2. The first-order valence-corrected chi connectivity index (χ1v) is 10.1. The van der Waals surface area contributed by atoms with Crippen LogP contribution < -0.4 is 10.6 Å². The molecule has 0 unspecified atom stereocenters. The zero-order chi connectivity index (χ0) is 21.0. The third kappa shape index (κ3) is 4.53. The molecule has 8 nitrogen and oxygen atoms in total. The van der Waals surface area contributed by atoms with Crippen LogP contribution in [0.4, 0.5) is 11.4 Å². The number of aromatic nitrogens is 2. The summed E-state index contributed by atoms with van der Waals surface area (Å²) in [5.74, 6) is -0.246. The lowest BCUT2D eigenvalue weighted by molar-refractivity contribution is -0.119. The van der Waals surface area contributed by atoms with Crippen LogP contribution >= 0.6 is 0 Å². The van der Waals surface area contributed by atoms with Crippen LogP contribution in [-0.4, -0.2) is 48.3 Å². The molecule has 3 rings (SSSR count). The normalized spacial score (nSPS) is 15.9. The molecule has 2 N–H and O–H groups in total. The summed E-state index contributed by atoms with van der Waals surface area (Å²) < 4.78 is 11.5. The van der Waals surface area contributed by atoms with Crippen molar-refractivity contribution in [1.29, 1.82) is 0 Å². The summed E-state index contributed by atoms with van der Waals surface area (Å²) in [5.41, 5.74) is 2.09. The molecule has 2 aromatic rings. The molecule has 0 aliphatic heterocycles. The lowest BCUT2D eigenvalue weighted by Gasteiger charge is -2.28. The molecule has 0 aromatic carbocycles. The molecular weight excluding hydrogens is 372 g/mol. The van der Waals surface area contributed by atoms with E-state index in [0.717, 1.165) is 5.69 Å². The number of methoxy groups -OCH3 is 2. The van der Waals surface area contributed by atoms with Crippen molar-refractivity contribution in [3.05, 3.63) is 18.0 Å². The van der Waals surface area contributed by atoms with E-state index >= 15 is 0 Å². The van der Waals surface area contributed by atoms with Crippen molar-refractivity contribution in [3.63, 3.8) is 0 Å². The Labute approximate surface area is 171 Å². The Balaban J connectivity index is 1.96. The van der Waals surface area contributed by atoms with Crippen LogP contribution in [0, 0.1) is 5.92 Å². The van der Waals surface area contributed by atoms with Crippen LogP contribution in [0.15, 0.2) is 12.3 Å². The average molecular weight is 402 g/mol. The third-order valence-corrected chi connectivity index (χ3v) is 5.70. The zero-order valence-corrected chi connectivity index (χ0v) is 17.6. The van der Waals surface area contributed by atoms with Gasteiger partial charge in [0.2, 0.25) is 5.91 Å². The van der Waals surface area contributed by atoms with Crippen LogP contribution in [0.1, 0.15) is 49.5 Å². The van der Waals surface area contributed by atoms with Gasteiger partial charge in [0.05, 0.1) is 24.7 Å². The summed E-state index contributed by atoms with van der Waals surface area (Å²) in [6.45, 7) is 2.09. The molecule has 8 heteroatoms. The summed E-state index contributed by atoms with van der Waals surface area (Å²) >= 11 is 0. The number of fused-ring (bicyclic) bond motifs is 1. The largest absolute Gasteiger partial charge is 0.464 e. The van der Waals surface area contributed by atoms with Gasteiger partial charge in [-0.3, -0.25) is 4.79 Å². The number of carbonyl (C=O) groups is 2. The molecule has 0 radical (unpaired) electrons. The monoisotopic (exact) mass is 402 g/mol. The van der Waals surface area contributed by atoms with Gasteiger partial charge in [0.15, 0.2) is 5.69 Å². The predicted octanol–water partition coefficient (Wildman–Crippen LogP) is 3.33. The van der Waals surface area contributed by atoms with Gasteiger partial charge in [-0.05, 0) is 31.7 Å². The van der Waals surface area contributed by atoms with Gasteiger partial charge in [-0.15, -0.1) is 0 Å². The van der Waals surface area contributed by atoms with Crippen LogP contribution in [0.5, 0.6) is 0 Å². The minimum atomic E-state index is -0.539. The molecule has 1 saturated carbocycles. The number of esters is 1. The van der Waals surface area contributed by atoms with Crippen molar-refractivity contribution in [3.8, 4) is 0 Å². The van der Waals surface area contributed by atoms with Gasteiger partial charge in [-0.2, -0.15) is 0 Å². The number of anilines is 2. The highest BCUT2D eigenvalue weighted by Gasteiger charge is 2.25. The Bertz CT molecular complexity index is 886. The smallest absolute Gasteiger partial charge is 0.356 e. The maximum Gasteiger partial charge on any atom is 0.356 e. The number of pyridine rings is 1. The first kappa shape index (κ1) is 21.1. The Kier molecular flexibility index (Phi) is 6.74. The molecule has 158 valence electrons. The minimum Gasteiger partial charge on any atom is -0.464 e. The standard InChI is InChI=1S/C21H30N4O4/c1-13(14-8-6-5-7-9-14)23-15-10-16-18(24-17(26)12-28-3)19(21(27)29-4)25(2)20(16)22-11-15/h10-11,13-14,23H,5-9,12H2,1-4H3,(H,24,26)/t13-/m0/s1. The number of hydrogen-bond donors (Lipinski definition) is 2. The first-order chi connectivity index (χ1) is 14.0. The fraction of sp³-hybridized carbons (Fsp3) is 0.571. The number of hydrogen-bond acceptors (Lipinski definition) is 6. The van der Waals surface area contributed by atoms with Crippen LogP contribution in [0.2, 0.25) is 0 Å². The molecule has 0 bridgehead atoms. The van der Waals surface area contributed by atoms with Crippen molar-refractivity contribution in [2.45, 2.75) is 45.1 Å². The molecule has 0 spiro atoms. The summed E-state index contributed by atoms with van der Waals surface area (Å²) in [6, 6.07) is 2.25. The molecule has 1 atom stereocenters. The fourth-order valence-electron chi connectivity index (χ4n) is 4.17. The Morgan fingerprint density at radius 3 is 2.66 bits per heavy atom. The van der Waals surface area contributed by atoms with Crippen molar-refractivity contribution in [1.82, 2.24) is 9.55 Å².